The Balaban J connectivity index is 2.17. The minimum atomic E-state index is -1.31. The van der Waals surface area contributed by atoms with Gasteiger partial charge in [0, 0.05) is 0 Å². The molecule has 104 valence electrons. The van der Waals surface area contributed by atoms with Crippen molar-refractivity contribution in [1.29, 1.82) is 0 Å². The molecule has 0 spiro atoms. The van der Waals surface area contributed by atoms with Crippen LogP contribution in [0, 0.1) is 0 Å². The summed E-state index contributed by atoms with van der Waals surface area (Å²) in [5.41, 5.74) is 0.421. The molecule has 1 saturated carbocycles. The third-order valence-corrected chi connectivity index (χ3v) is 3.27. The van der Waals surface area contributed by atoms with Gasteiger partial charge < -0.3 is 19.3 Å². The number of ether oxygens (including phenoxy) is 3. The highest BCUT2D eigenvalue weighted by atomic mass is 16.5. The van der Waals surface area contributed by atoms with Crippen molar-refractivity contribution < 1.29 is 24.1 Å². The van der Waals surface area contributed by atoms with E-state index in [1.165, 1.54) is 20.6 Å². The van der Waals surface area contributed by atoms with Crippen LogP contribution in [0.3, 0.4) is 0 Å². The first kappa shape index (κ1) is 13.7. The molecule has 1 atom stereocenters. The van der Waals surface area contributed by atoms with Crippen LogP contribution in [-0.4, -0.2) is 31.4 Å². The minimum absolute atomic E-state index is 0.241. The molecule has 1 fully saturated rings. The SMILES string of the molecule is COC(=O)C(O)c1ccc(OC2CCC2)c(OC)c1. The Bertz CT molecular complexity index is 453. The Labute approximate surface area is 112 Å². The molecular weight excluding hydrogens is 248 g/mol. The van der Waals surface area contributed by atoms with Gasteiger partial charge >= 0.3 is 5.97 Å². The zero-order chi connectivity index (χ0) is 13.8. The second kappa shape index (κ2) is 5.93. The fraction of sp³-hybridized carbons (Fsp3) is 0.500. The predicted molar refractivity (Wildman–Crippen MR) is 68.2 cm³/mol. The zero-order valence-electron chi connectivity index (χ0n) is 11.1. The van der Waals surface area contributed by atoms with Crippen LogP contribution in [-0.2, 0) is 9.53 Å². The number of methoxy groups -OCH3 is 2. The van der Waals surface area contributed by atoms with E-state index >= 15 is 0 Å². The van der Waals surface area contributed by atoms with Crippen molar-refractivity contribution in [2.75, 3.05) is 14.2 Å². The smallest absolute Gasteiger partial charge is 0.339 e. The van der Waals surface area contributed by atoms with Gasteiger partial charge in [0.25, 0.3) is 0 Å². The summed E-state index contributed by atoms with van der Waals surface area (Å²) in [6, 6.07) is 4.94. The molecule has 1 aromatic rings. The topological polar surface area (TPSA) is 65.0 Å². The van der Waals surface area contributed by atoms with E-state index in [0.717, 1.165) is 12.8 Å². The molecule has 1 N–H and O–H groups in total. The predicted octanol–water partition coefficient (Wildman–Crippen LogP) is 1.83. The van der Waals surface area contributed by atoms with Crippen molar-refractivity contribution in [1.82, 2.24) is 0 Å². The maximum atomic E-state index is 11.3. The van der Waals surface area contributed by atoms with Gasteiger partial charge in [-0.1, -0.05) is 6.07 Å². The van der Waals surface area contributed by atoms with Crippen molar-refractivity contribution in [3.63, 3.8) is 0 Å². The summed E-state index contributed by atoms with van der Waals surface area (Å²) in [5.74, 6) is 0.440. The molecule has 1 unspecified atom stereocenters. The molecule has 1 aliphatic carbocycles. The molecule has 5 heteroatoms. The summed E-state index contributed by atoms with van der Waals surface area (Å²) in [5, 5.41) is 9.77. The molecule has 0 radical (unpaired) electrons. The van der Waals surface area contributed by atoms with Crippen LogP contribution in [0.4, 0.5) is 0 Å². The van der Waals surface area contributed by atoms with Crippen LogP contribution in [0.1, 0.15) is 30.9 Å². The lowest BCUT2D eigenvalue weighted by molar-refractivity contribution is -0.150. The third-order valence-electron chi connectivity index (χ3n) is 3.27. The Morgan fingerprint density at radius 3 is 2.58 bits per heavy atom. The maximum absolute atomic E-state index is 11.3. The lowest BCUT2D eigenvalue weighted by atomic mass is 9.96. The molecule has 5 nitrogen and oxygen atoms in total. The van der Waals surface area contributed by atoms with Crippen LogP contribution < -0.4 is 9.47 Å². The first-order chi connectivity index (χ1) is 9.15. The number of benzene rings is 1. The van der Waals surface area contributed by atoms with Gasteiger partial charge in [-0.25, -0.2) is 4.79 Å². The van der Waals surface area contributed by atoms with Crippen LogP contribution in [0.5, 0.6) is 11.5 Å². The molecule has 0 amide bonds. The summed E-state index contributed by atoms with van der Waals surface area (Å²) >= 11 is 0. The molecule has 1 aliphatic rings. The van der Waals surface area contributed by atoms with Crippen LogP contribution >= 0.6 is 0 Å². The zero-order valence-corrected chi connectivity index (χ0v) is 11.1. The number of hydrogen-bond acceptors (Lipinski definition) is 5. The molecule has 19 heavy (non-hydrogen) atoms. The second-order valence-electron chi connectivity index (χ2n) is 4.51. The van der Waals surface area contributed by atoms with E-state index in [0.29, 0.717) is 17.1 Å². The van der Waals surface area contributed by atoms with Crippen molar-refractivity contribution >= 4 is 5.97 Å². The van der Waals surface area contributed by atoms with Gasteiger partial charge in [0.15, 0.2) is 17.6 Å². The van der Waals surface area contributed by atoms with Gasteiger partial charge in [-0.05, 0) is 37.0 Å². The quantitative estimate of drug-likeness (QED) is 0.824. The Kier molecular flexibility index (Phi) is 4.27. The minimum Gasteiger partial charge on any atom is -0.493 e. The standard InChI is InChI=1S/C14H18O5/c1-17-12-8-9(13(15)14(16)18-2)6-7-11(12)19-10-4-3-5-10/h6-8,10,13,15H,3-5H2,1-2H3. The first-order valence-corrected chi connectivity index (χ1v) is 6.26. The Morgan fingerprint density at radius 2 is 2.05 bits per heavy atom. The molecule has 2 rings (SSSR count). The first-order valence-electron chi connectivity index (χ1n) is 6.26. The third kappa shape index (κ3) is 2.98. The summed E-state index contributed by atoms with van der Waals surface area (Å²) in [6.07, 6.45) is 2.22. The van der Waals surface area contributed by atoms with Gasteiger partial charge in [-0.2, -0.15) is 0 Å². The number of rotatable bonds is 5. The lowest BCUT2D eigenvalue weighted by Crippen LogP contribution is -2.24. The van der Waals surface area contributed by atoms with E-state index in [9.17, 15) is 9.90 Å². The molecule has 0 heterocycles. The van der Waals surface area contributed by atoms with Crippen LogP contribution in [0.15, 0.2) is 18.2 Å². The molecule has 0 aromatic heterocycles. The number of carbonyl (C=O) groups excluding carboxylic acids is 1. The number of esters is 1. The average molecular weight is 266 g/mol. The highest BCUT2D eigenvalue weighted by molar-refractivity contribution is 5.76. The number of aliphatic hydroxyl groups is 1. The molecule has 0 saturated heterocycles. The van der Waals surface area contributed by atoms with Crippen molar-refractivity contribution in [3.8, 4) is 11.5 Å². The van der Waals surface area contributed by atoms with E-state index in [2.05, 4.69) is 4.74 Å². The second-order valence-corrected chi connectivity index (χ2v) is 4.51. The fourth-order valence-electron chi connectivity index (χ4n) is 1.87. The van der Waals surface area contributed by atoms with Gasteiger partial charge in [0.1, 0.15) is 0 Å². The van der Waals surface area contributed by atoms with Crippen molar-refractivity contribution in [2.45, 2.75) is 31.5 Å². The maximum Gasteiger partial charge on any atom is 0.339 e. The highest BCUT2D eigenvalue weighted by Gasteiger charge is 2.23. The van der Waals surface area contributed by atoms with E-state index in [-0.39, 0.29) is 6.10 Å². The fourth-order valence-corrected chi connectivity index (χ4v) is 1.87. The normalized spacial score (nSPS) is 16.4. The van der Waals surface area contributed by atoms with E-state index in [4.69, 9.17) is 9.47 Å². The monoisotopic (exact) mass is 266 g/mol. The van der Waals surface area contributed by atoms with Crippen molar-refractivity contribution in [2.24, 2.45) is 0 Å². The molecular formula is C14H18O5. The molecule has 0 aliphatic heterocycles. The van der Waals surface area contributed by atoms with Crippen LogP contribution in [0.25, 0.3) is 0 Å². The van der Waals surface area contributed by atoms with E-state index in [1.54, 1.807) is 18.2 Å². The van der Waals surface area contributed by atoms with Crippen molar-refractivity contribution in [3.05, 3.63) is 23.8 Å². The van der Waals surface area contributed by atoms with E-state index in [1.807, 2.05) is 0 Å². The molecule has 1 aromatic carbocycles. The highest BCUT2D eigenvalue weighted by Crippen LogP contribution is 2.34. The van der Waals surface area contributed by atoms with Crippen LogP contribution in [0.2, 0.25) is 0 Å². The number of carbonyl (C=O) groups is 1. The Morgan fingerprint density at radius 1 is 1.32 bits per heavy atom. The Hall–Kier alpha value is -1.75. The van der Waals surface area contributed by atoms with Gasteiger partial charge in [0.05, 0.1) is 20.3 Å². The number of hydrogen-bond donors (Lipinski definition) is 1. The lowest BCUT2D eigenvalue weighted by Gasteiger charge is -2.27. The average Bonchev–Trinajstić information content (AvgIpc) is 2.41. The summed E-state index contributed by atoms with van der Waals surface area (Å²) in [4.78, 5) is 11.3. The summed E-state index contributed by atoms with van der Waals surface area (Å²) < 4.78 is 15.5. The van der Waals surface area contributed by atoms with Gasteiger partial charge in [0.2, 0.25) is 0 Å². The summed E-state index contributed by atoms with van der Waals surface area (Å²) in [6.45, 7) is 0. The summed E-state index contributed by atoms with van der Waals surface area (Å²) in [7, 11) is 2.76. The molecule has 0 bridgehead atoms. The number of aliphatic hydroxyl groups excluding tert-OH is 1. The largest absolute Gasteiger partial charge is 0.493 e. The van der Waals surface area contributed by atoms with Gasteiger partial charge in [-0.15, -0.1) is 0 Å². The van der Waals surface area contributed by atoms with E-state index < -0.39 is 12.1 Å². The van der Waals surface area contributed by atoms with Gasteiger partial charge in [-0.3, -0.25) is 0 Å².